The van der Waals surface area contributed by atoms with Crippen molar-refractivity contribution >= 4 is 5.91 Å². The second-order valence-electron chi connectivity index (χ2n) is 5.96. The van der Waals surface area contributed by atoms with Crippen LogP contribution in [0.1, 0.15) is 29.2 Å². The molecule has 1 aromatic heterocycles. The largest absolute Gasteiger partial charge is 0.416 e. The number of nitrogens with zero attached hydrogens (tertiary/aromatic N) is 3. The third-order valence-electron chi connectivity index (χ3n) is 4.19. The molecule has 0 spiro atoms. The predicted octanol–water partition coefficient (Wildman–Crippen LogP) is 2.37. The molecule has 1 N–H and O–H groups in total. The summed E-state index contributed by atoms with van der Waals surface area (Å²) in [6.07, 6.45) is -1.04. The van der Waals surface area contributed by atoms with E-state index in [0.717, 1.165) is 6.07 Å². The minimum absolute atomic E-state index is 0.00336. The van der Waals surface area contributed by atoms with Gasteiger partial charge in [-0.2, -0.15) is 13.2 Å². The Balaban J connectivity index is 1.89. The number of rotatable bonds is 3. The van der Waals surface area contributed by atoms with E-state index in [1.54, 1.807) is 0 Å². The van der Waals surface area contributed by atoms with E-state index in [1.165, 1.54) is 41.8 Å². The Morgan fingerprint density at radius 2 is 1.92 bits per heavy atom. The molecule has 1 fully saturated rings. The van der Waals surface area contributed by atoms with Gasteiger partial charge in [0, 0.05) is 18.9 Å². The van der Waals surface area contributed by atoms with Crippen LogP contribution in [-0.2, 0) is 17.4 Å². The maximum absolute atomic E-state index is 13.3. The number of benzene rings is 1. The van der Waals surface area contributed by atoms with Crippen LogP contribution in [0, 0.1) is 0 Å². The number of aliphatic hydroxyl groups excluding tert-OH is 1. The molecule has 2 aromatic rings. The maximum Gasteiger partial charge on any atom is 0.416 e. The van der Waals surface area contributed by atoms with Crippen LogP contribution in [0.15, 0.2) is 43.0 Å². The van der Waals surface area contributed by atoms with Gasteiger partial charge in [0.15, 0.2) is 0 Å². The number of likely N-dealkylation sites (tertiary alicyclic amines) is 1. The maximum atomic E-state index is 13.3. The number of aromatic nitrogens is 2. The van der Waals surface area contributed by atoms with Crippen LogP contribution in [0.5, 0.6) is 0 Å². The Morgan fingerprint density at radius 1 is 1.24 bits per heavy atom. The Hall–Kier alpha value is -2.48. The molecular weight excluding hydrogens is 335 g/mol. The molecule has 8 heteroatoms. The zero-order valence-electron chi connectivity index (χ0n) is 13.1. The summed E-state index contributed by atoms with van der Waals surface area (Å²) in [5.41, 5.74) is -0.212. The fourth-order valence-corrected chi connectivity index (χ4v) is 3.13. The fourth-order valence-electron chi connectivity index (χ4n) is 3.13. The van der Waals surface area contributed by atoms with Crippen LogP contribution in [0.3, 0.4) is 0 Å². The van der Waals surface area contributed by atoms with E-state index >= 15 is 0 Å². The van der Waals surface area contributed by atoms with Crippen LogP contribution < -0.4 is 0 Å². The summed E-state index contributed by atoms with van der Waals surface area (Å²) >= 11 is 0. The van der Waals surface area contributed by atoms with Gasteiger partial charge >= 0.3 is 6.18 Å². The molecular formula is C17H16F3N3O2. The average Bonchev–Trinajstić information content (AvgIpc) is 2.97. The van der Waals surface area contributed by atoms with Crippen LogP contribution >= 0.6 is 0 Å². The number of alkyl halides is 3. The van der Waals surface area contributed by atoms with Crippen molar-refractivity contribution in [2.75, 3.05) is 6.54 Å². The Bertz CT molecular complexity index is 752. The molecule has 3 rings (SSSR count). The second kappa shape index (κ2) is 6.79. The lowest BCUT2D eigenvalue weighted by atomic mass is 9.97. The predicted molar refractivity (Wildman–Crippen MR) is 82.3 cm³/mol. The molecule has 2 atom stereocenters. The van der Waals surface area contributed by atoms with E-state index in [2.05, 4.69) is 9.97 Å². The van der Waals surface area contributed by atoms with Gasteiger partial charge in [0.25, 0.3) is 0 Å². The third-order valence-corrected chi connectivity index (χ3v) is 4.19. The summed E-state index contributed by atoms with van der Waals surface area (Å²) in [4.78, 5) is 21.5. The van der Waals surface area contributed by atoms with Crippen LogP contribution in [0.4, 0.5) is 13.2 Å². The quantitative estimate of drug-likeness (QED) is 0.922. The molecule has 2 heterocycles. The SMILES string of the molecule is O=C(Cc1cncnc1)N1C[C@H](O)C[C@@H]1c1ccccc1C(F)(F)F. The number of carbonyl (C=O) groups excluding carboxylic acids is 1. The first kappa shape index (κ1) is 17.3. The van der Waals surface area contributed by atoms with Crippen molar-refractivity contribution in [2.45, 2.75) is 31.2 Å². The molecule has 0 saturated carbocycles. The van der Waals surface area contributed by atoms with Gasteiger partial charge in [-0.15, -0.1) is 0 Å². The number of carbonyl (C=O) groups is 1. The van der Waals surface area contributed by atoms with Gasteiger partial charge in [-0.3, -0.25) is 4.79 Å². The third kappa shape index (κ3) is 3.79. The molecule has 132 valence electrons. The minimum atomic E-state index is -4.52. The van der Waals surface area contributed by atoms with Crippen molar-refractivity contribution in [1.29, 1.82) is 0 Å². The van der Waals surface area contributed by atoms with Crippen molar-refractivity contribution in [1.82, 2.24) is 14.9 Å². The van der Waals surface area contributed by atoms with E-state index in [0.29, 0.717) is 5.56 Å². The van der Waals surface area contributed by atoms with E-state index in [-0.39, 0.29) is 30.9 Å². The number of hydrogen-bond donors (Lipinski definition) is 1. The molecule has 1 amide bonds. The molecule has 5 nitrogen and oxygen atoms in total. The highest BCUT2D eigenvalue weighted by atomic mass is 19.4. The van der Waals surface area contributed by atoms with Crippen LogP contribution in [0.25, 0.3) is 0 Å². The van der Waals surface area contributed by atoms with Crippen molar-refractivity contribution in [3.8, 4) is 0 Å². The van der Waals surface area contributed by atoms with Gasteiger partial charge in [0.05, 0.1) is 24.1 Å². The fraction of sp³-hybridized carbons (Fsp3) is 0.353. The summed E-state index contributed by atoms with van der Waals surface area (Å²) in [7, 11) is 0. The lowest BCUT2D eigenvalue weighted by molar-refractivity contribution is -0.140. The van der Waals surface area contributed by atoms with Crippen LogP contribution in [0.2, 0.25) is 0 Å². The van der Waals surface area contributed by atoms with Gasteiger partial charge < -0.3 is 10.0 Å². The van der Waals surface area contributed by atoms with Crippen molar-refractivity contribution in [3.05, 3.63) is 59.7 Å². The van der Waals surface area contributed by atoms with E-state index < -0.39 is 23.9 Å². The van der Waals surface area contributed by atoms with E-state index in [9.17, 15) is 23.1 Å². The summed E-state index contributed by atoms with van der Waals surface area (Å²) in [5, 5.41) is 9.94. The molecule has 1 aliphatic heterocycles. The first-order valence-corrected chi connectivity index (χ1v) is 7.74. The number of amides is 1. The summed E-state index contributed by atoms with van der Waals surface area (Å²) in [5.74, 6) is -0.367. The highest BCUT2D eigenvalue weighted by molar-refractivity contribution is 5.79. The summed E-state index contributed by atoms with van der Waals surface area (Å²) < 4.78 is 39.9. The molecule has 0 bridgehead atoms. The first-order chi connectivity index (χ1) is 11.9. The van der Waals surface area contributed by atoms with Gasteiger partial charge in [-0.25, -0.2) is 9.97 Å². The number of aliphatic hydroxyl groups is 1. The van der Waals surface area contributed by atoms with Crippen molar-refractivity contribution in [3.63, 3.8) is 0 Å². The number of halogens is 3. The molecule has 1 aliphatic rings. The summed E-state index contributed by atoms with van der Waals surface area (Å²) in [6.45, 7) is 0.00336. The topological polar surface area (TPSA) is 66.3 Å². The Labute approximate surface area is 142 Å². The van der Waals surface area contributed by atoms with E-state index in [1.807, 2.05) is 0 Å². The Morgan fingerprint density at radius 3 is 2.60 bits per heavy atom. The zero-order valence-corrected chi connectivity index (χ0v) is 13.1. The minimum Gasteiger partial charge on any atom is -0.391 e. The van der Waals surface area contributed by atoms with Gasteiger partial charge in [0.1, 0.15) is 6.33 Å². The lowest BCUT2D eigenvalue weighted by Gasteiger charge is -2.27. The smallest absolute Gasteiger partial charge is 0.391 e. The lowest BCUT2D eigenvalue weighted by Crippen LogP contribution is -2.33. The van der Waals surface area contributed by atoms with Gasteiger partial charge in [-0.1, -0.05) is 18.2 Å². The van der Waals surface area contributed by atoms with Crippen LogP contribution in [-0.4, -0.2) is 38.5 Å². The van der Waals surface area contributed by atoms with Crippen molar-refractivity contribution in [2.24, 2.45) is 0 Å². The Kier molecular flexibility index (Phi) is 4.71. The highest BCUT2D eigenvalue weighted by Crippen LogP contribution is 2.40. The molecule has 1 saturated heterocycles. The summed E-state index contributed by atoms with van der Waals surface area (Å²) in [6, 6.07) is 4.35. The number of hydrogen-bond acceptors (Lipinski definition) is 4. The molecule has 1 aromatic carbocycles. The van der Waals surface area contributed by atoms with Gasteiger partial charge in [0.2, 0.25) is 5.91 Å². The molecule has 25 heavy (non-hydrogen) atoms. The van der Waals surface area contributed by atoms with Gasteiger partial charge in [-0.05, 0) is 23.6 Å². The standard InChI is InChI=1S/C17H16F3N3O2/c18-17(19,20)14-4-2-1-3-13(14)15-6-12(24)9-23(15)16(25)5-11-7-21-10-22-8-11/h1-4,7-8,10,12,15,24H,5-6,9H2/t12-,15-/m1/s1. The normalized spacial score (nSPS) is 20.7. The van der Waals surface area contributed by atoms with Crippen molar-refractivity contribution < 1.29 is 23.1 Å². The monoisotopic (exact) mass is 351 g/mol. The molecule has 0 aliphatic carbocycles. The zero-order chi connectivity index (χ0) is 18.0. The highest BCUT2D eigenvalue weighted by Gasteiger charge is 2.41. The second-order valence-corrected chi connectivity index (χ2v) is 5.96. The molecule has 0 unspecified atom stereocenters. The number of β-amino-alcohol motifs (C(OH)–C–C–N with tert-alkyl or cyclic N) is 1. The average molecular weight is 351 g/mol. The van der Waals surface area contributed by atoms with E-state index in [4.69, 9.17) is 0 Å². The molecule has 0 radical (unpaired) electrons. The first-order valence-electron chi connectivity index (χ1n) is 7.74.